The highest BCUT2D eigenvalue weighted by molar-refractivity contribution is 7.99. The maximum atomic E-state index is 11.2. The number of carboxylic acid groups (broad SMARTS) is 1. The molecule has 1 heterocycles. The van der Waals surface area contributed by atoms with E-state index in [0.29, 0.717) is 18.0 Å². The number of hydrogen-bond donors (Lipinski definition) is 1. The molecule has 0 spiro atoms. The highest BCUT2D eigenvalue weighted by atomic mass is 32.2. The van der Waals surface area contributed by atoms with Crippen molar-refractivity contribution < 1.29 is 14.8 Å². The van der Waals surface area contributed by atoms with Gasteiger partial charge in [0.2, 0.25) is 0 Å². The summed E-state index contributed by atoms with van der Waals surface area (Å²) in [5.41, 5.74) is 1.50. The van der Waals surface area contributed by atoms with E-state index < -0.39 is 10.9 Å². The first kappa shape index (κ1) is 14.6. The van der Waals surface area contributed by atoms with Crippen molar-refractivity contribution in [2.45, 2.75) is 19.4 Å². The van der Waals surface area contributed by atoms with E-state index in [0.717, 1.165) is 11.3 Å². The molecule has 1 aromatic rings. The van der Waals surface area contributed by atoms with Gasteiger partial charge in [-0.3, -0.25) is 14.9 Å². The van der Waals surface area contributed by atoms with Gasteiger partial charge in [-0.05, 0) is 18.6 Å². The van der Waals surface area contributed by atoms with Gasteiger partial charge in [-0.25, -0.2) is 0 Å². The van der Waals surface area contributed by atoms with E-state index in [1.54, 1.807) is 23.9 Å². The maximum absolute atomic E-state index is 11.2. The Morgan fingerprint density at radius 2 is 2.35 bits per heavy atom. The number of hydrogen-bond acceptors (Lipinski definition) is 5. The molecule has 7 heteroatoms. The predicted octanol–water partition coefficient (Wildman–Crippen LogP) is 2.30. The average molecular weight is 296 g/mol. The molecule has 1 N–H and O–H groups in total. The van der Waals surface area contributed by atoms with Crippen LogP contribution in [0.2, 0.25) is 0 Å². The van der Waals surface area contributed by atoms with Crippen molar-refractivity contribution in [2.75, 3.05) is 23.0 Å². The smallest absolute Gasteiger partial charge is 0.305 e. The number of anilines is 1. The van der Waals surface area contributed by atoms with Crippen molar-refractivity contribution in [3.8, 4) is 0 Å². The van der Waals surface area contributed by atoms with Gasteiger partial charge in [-0.2, -0.15) is 11.8 Å². The summed E-state index contributed by atoms with van der Waals surface area (Å²) in [6.45, 7) is 2.50. The van der Waals surface area contributed by atoms with E-state index in [4.69, 9.17) is 5.11 Å². The molecular weight excluding hydrogens is 280 g/mol. The van der Waals surface area contributed by atoms with E-state index >= 15 is 0 Å². The Kier molecular flexibility index (Phi) is 4.49. The predicted molar refractivity (Wildman–Crippen MR) is 78.5 cm³/mol. The van der Waals surface area contributed by atoms with Gasteiger partial charge in [0.05, 0.1) is 11.3 Å². The third-order valence-corrected chi connectivity index (χ3v) is 4.37. The summed E-state index contributed by atoms with van der Waals surface area (Å²) < 4.78 is 0. The molecule has 1 aromatic carbocycles. The van der Waals surface area contributed by atoms with Crippen LogP contribution in [-0.4, -0.2) is 40.1 Å². The van der Waals surface area contributed by atoms with Crippen molar-refractivity contribution in [1.82, 2.24) is 0 Å². The molecule has 0 radical (unpaired) electrons. The molecular formula is C13H16N2O4S. The van der Waals surface area contributed by atoms with Crippen molar-refractivity contribution in [1.29, 1.82) is 0 Å². The maximum Gasteiger partial charge on any atom is 0.305 e. The lowest BCUT2D eigenvalue weighted by Gasteiger charge is -2.36. The summed E-state index contributed by atoms with van der Waals surface area (Å²) in [6, 6.07) is 4.76. The van der Waals surface area contributed by atoms with Crippen LogP contribution in [0.25, 0.3) is 0 Å². The summed E-state index contributed by atoms with van der Waals surface area (Å²) in [7, 11) is 0. The Morgan fingerprint density at radius 1 is 1.60 bits per heavy atom. The second kappa shape index (κ2) is 6.13. The average Bonchev–Trinajstić information content (AvgIpc) is 2.38. The van der Waals surface area contributed by atoms with Gasteiger partial charge in [0.25, 0.3) is 5.69 Å². The van der Waals surface area contributed by atoms with Crippen molar-refractivity contribution in [2.24, 2.45) is 0 Å². The van der Waals surface area contributed by atoms with E-state index in [1.807, 2.05) is 11.8 Å². The summed E-state index contributed by atoms with van der Waals surface area (Å²) >= 11 is 1.69. The van der Waals surface area contributed by atoms with Crippen LogP contribution >= 0.6 is 11.8 Å². The van der Waals surface area contributed by atoms with Gasteiger partial charge < -0.3 is 10.0 Å². The van der Waals surface area contributed by atoms with Crippen molar-refractivity contribution in [3.63, 3.8) is 0 Å². The van der Waals surface area contributed by atoms with Gasteiger partial charge in [-0.15, -0.1) is 0 Å². The summed E-state index contributed by atoms with van der Waals surface area (Å²) in [4.78, 5) is 23.6. The van der Waals surface area contributed by atoms with Gasteiger partial charge in [0.15, 0.2) is 0 Å². The summed E-state index contributed by atoms with van der Waals surface area (Å²) in [6.07, 6.45) is -0.00189. The lowest BCUT2D eigenvalue weighted by Crippen LogP contribution is -2.44. The van der Waals surface area contributed by atoms with Gasteiger partial charge in [0.1, 0.15) is 5.69 Å². The number of nitro benzene ring substituents is 1. The first-order chi connectivity index (χ1) is 9.49. The van der Waals surface area contributed by atoms with Crippen molar-refractivity contribution in [3.05, 3.63) is 33.9 Å². The second-order valence-electron chi connectivity index (χ2n) is 4.77. The van der Waals surface area contributed by atoms with E-state index in [1.165, 1.54) is 6.07 Å². The number of rotatable bonds is 4. The molecule has 20 heavy (non-hydrogen) atoms. The molecule has 1 saturated heterocycles. The topological polar surface area (TPSA) is 83.7 Å². The van der Waals surface area contributed by atoms with E-state index in [9.17, 15) is 14.9 Å². The number of aryl methyl sites for hydroxylation is 1. The van der Waals surface area contributed by atoms with Crippen LogP contribution in [-0.2, 0) is 4.79 Å². The molecule has 1 unspecified atom stereocenters. The number of aliphatic carboxylic acids is 1. The summed E-state index contributed by atoms with van der Waals surface area (Å²) in [5.74, 6) is 0.649. The monoisotopic (exact) mass is 296 g/mol. The van der Waals surface area contributed by atoms with Gasteiger partial charge in [-0.1, -0.05) is 6.07 Å². The second-order valence-corrected chi connectivity index (χ2v) is 5.92. The molecule has 0 aliphatic carbocycles. The highest BCUT2D eigenvalue weighted by Crippen LogP contribution is 2.34. The number of nitro groups is 1. The fraction of sp³-hybridized carbons (Fsp3) is 0.462. The third-order valence-electron chi connectivity index (χ3n) is 3.27. The molecule has 1 atom stereocenters. The molecule has 1 fully saturated rings. The number of carbonyl (C=O) groups is 1. The Bertz CT molecular complexity index is 535. The number of benzene rings is 1. The molecule has 1 aliphatic heterocycles. The normalized spacial score (nSPS) is 18.9. The number of nitrogens with zero attached hydrogens (tertiary/aromatic N) is 2. The van der Waals surface area contributed by atoms with Crippen LogP contribution in [0.1, 0.15) is 12.0 Å². The zero-order valence-corrected chi connectivity index (χ0v) is 11.9. The van der Waals surface area contributed by atoms with Gasteiger partial charge in [0, 0.05) is 30.2 Å². The van der Waals surface area contributed by atoms with Crippen LogP contribution in [0, 0.1) is 17.0 Å². The van der Waals surface area contributed by atoms with Gasteiger partial charge >= 0.3 is 5.97 Å². The Balaban J connectivity index is 2.38. The zero-order chi connectivity index (χ0) is 14.7. The molecule has 108 valence electrons. The first-order valence-corrected chi connectivity index (χ1v) is 7.45. The summed E-state index contributed by atoms with van der Waals surface area (Å²) in [5, 5.41) is 20.2. The largest absolute Gasteiger partial charge is 0.481 e. The minimum Gasteiger partial charge on any atom is -0.481 e. The molecule has 2 rings (SSSR count). The molecule has 0 amide bonds. The first-order valence-electron chi connectivity index (χ1n) is 6.30. The zero-order valence-electron chi connectivity index (χ0n) is 11.1. The van der Waals surface area contributed by atoms with E-state index in [-0.39, 0.29) is 18.2 Å². The fourth-order valence-corrected chi connectivity index (χ4v) is 3.42. The highest BCUT2D eigenvalue weighted by Gasteiger charge is 2.29. The number of carboxylic acids is 1. The van der Waals surface area contributed by atoms with Crippen molar-refractivity contribution >= 4 is 29.1 Å². The molecule has 0 bridgehead atoms. The van der Waals surface area contributed by atoms with Crippen LogP contribution in [0.4, 0.5) is 11.4 Å². The van der Waals surface area contributed by atoms with Crippen LogP contribution in [0.3, 0.4) is 0 Å². The quantitative estimate of drug-likeness (QED) is 0.678. The lowest BCUT2D eigenvalue weighted by molar-refractivity contribution is -0.384. The van der Waals surface area contributed by atoms with Crippen LogP contribution in [0.15, 0.2) is 18.2 Å². The molecule has 0 aromatic heterocycles. The Morgan fingerprint density at radius 3 is 3.00 bits per heavy atom. The Labute approximate surface area is 120 Å². The molecule has 0 saturated carbocycles. The minimum absolute atomic E-state index is 0.00189. The molecule has 1 aliphatic rings. The SMILES string of the molecule is Cc1ccc([N+](=O)[O-])c(N2CCSCC2CC(=O)O)c1. The lowest BCUT2D eigenvalue weighted by atomic mass is 10.1. The number of thioether (sulfide) groups is 1. The van der Waals surface area contributed by atoms with Crippen LogP contribution < -0.4 is 4.90 Å². The third kappa shape index (κ3) is 3.22. The fourth-order valence-electron chi connectivity index (χ4n) is 2.36. The van der Waals surface area contributed by atoms with E-state index in [2.05, 4.69) is 0 Å². The molecule has 6 nitrogen and oxygen atoms in total. The standard InChI is InChI=1S/C13H16N2O4S/c1-9-2-3-11(15(18)19)12(6-9)14-4-5-20-8-10(14)7-13(16)17/h2-3,6,10H,4-5,7-8H2,1H3,(H,16,17). The Hall–Kier alpha value is -1.76. The minimum atomic E-state index is -0.877. The van der Waals surface area contributed by atoms with Crippen LogP contribution in [0.5, 0.6) is 0 Å².